The van der Waals surface area contributed by atoms with E-state index in [9.17, 15) is 14.3 Å². The summed E-state index contributed by atoms with van der Waals surface area (Å²) in [5.41, 5.74) is 3.66. The molecule has 1 heterocycles. The van der Waals surface area contributed by atoms with E-state index >= 15 is 0 Å². The molecular weight excluding hydrogens is 413 g/mol. The van der Waals surface area contributed by atoms with Gasteiger partial charge in [-0.3, -0.25) is 20.5 Å². The number of hydrogen-bond acceptors (Lipinski definition) is 8. The number of amidine groups is 1. The summed E-state index contributed by atoms with van der Waals surface area (Å²) in [6.07, 6.45) is 3.39. The summed E-state index contributed by atoms with van der Waals surface area (Å²) in [5, 5.41) is 28.5. The summed E-state index contributed by atoms with van der Waals surface area (Å²) >= 11 is 1.08. The molecule has 0 unspecified atom stereocenters. The van der Waals surface area contributed by atoms with Crippen LogP contribution in [0.4, 0.5) is 4.39 Å². The number of nitrogens with zero attached hydrogens (tertiary/aromatic N) is 3. The van der Waals surface area contributed by atoms with E-state index in [0.29, 0.717) is 5.03 Å². The molecule has 164 valence electrons. The van der Waals surface area contributed by atoms with Crippen LogP contribution in [0.5, 0.6) is 0 Å². The lowest BCUT2D eigenvalue weighted by atomic mass is 10.1. The molecule has 9 nitrogen and oxygen atoms in total. The average Bonchev–Trinajstić information content (AvgIpc) is 3.35. The summed E-state index contributed by atoms with van der Waals surface area (Å²) < 4.78 is 17.1. The fraction of sp³-hybridized carbons (Fsp3) is 0.474. The highest BCUT2D eigenvalue weighted by atomic mass is 32.2. The topological polar surface area (TPSA) is 133 Å². The first-order valence-corrected chi connectivity index (χ1v) is 10.3. The lowest BCUT2D eigenvalue weighted by Crippen LogP contribution is -2.38. The zero-order valence-corrected chi connectivity index (χ0v) is 17.9. The van der Waals surface area contributed by atoms with Gasteiger partial charge in [-0.25, -0.2) is 9.02 Å². The molecule has 1 aromatic carbocycles. The van der Waals surface area contributed by atoms with Crippen molar-refractivity contribution in [1.29, 1.82) is 0 Å². The van der Waals surface area contributed by atoms with Crippen molar-refractivity contribution >= 4 is 23.5 Å². The number of benzene rings is 1. The number of carbonyl (C=O) groups is 1. The molecule has 0 saturated heterocycles. The molecule has 0 atom stereocenters. The normalized spacial score (nSPS) is 13.3. The average molecular weight is 440 g/mol. The van der Waals surface area contributed by atoms with Crippen LogP contribution in [0.3, 0.4) is 0 Å². The van der Waals surface area contributed by atoms with E-state index in [1.807, 2.05) is 11.5 Å². The van der Waals surface area contributed by atoms with Gasteiger partial charge in [0.2, 0.25) is 5.91 Å². The molecule has 1 aliphatic rings. The third-order valence-corrected chi connectivity index (χ3v) is 5.08. The Morgan fingerprint density at radius 1 is 1.33 bits per heavy atom. The Bertz CT molecular complexity index is 882. The predicted molar refractivity (Wildman–Crippen MR) is 110 cm³/mol. The third kappa shape index (κ3) is 7.39. The van der Waals surface area contributed by atoms with Crippen molar-refractivity contribution in [2.75, 3.05) is 19.3 Å². The van der Waals surface area contributed by atoms with E-state index in [1.54, 1.807) is 26.0 Å². The first-order chi connectivity index (χ1) is 14.2. The number of aliphatic imine (C=N–C) groups is 1. The molecule has 11 heteroatoms. The van der Waals surface area contributed by atoms with Gasteiger partial charge in [-0.2, -0.15) is 0 Å². The molecule has 0 saturated carbocycles. The minimum Gasteiger partial charge on any atom is -0.389 e. The van der Waals surface area contributed by atoms with Gasteiger partial charge < -0.3 is 10.4 Å². The fourth-order valence-corrected chi connectivity index (χ4v) is 3.40. The predicted octanol–water partition coefficient (Wildman–Crippen LogP) is 1.72. The van der Waals surface area contributed by atoms with Crippen LogP contribution in [0, 0.1) is 5.82 Å². The summed E-state index contributed by atoms with van der Waals surface area (Å²) in [4.78, 5) is 15.3. The molecule has 30 heavy (non-hydrogen) atoms. The van der Waals surface area contributed by atoms with E-state index in [0.717, 1.165) is 24.6 Å². The molecule has 1 aliphatic carbocycles. The number of hydroxylamine groups is 1. The Balaban J connectivity index is 0.000000263. The molecule has 0 spiro atoms. The highest BCUT2D eigenvalue weighted by Crippen LogP contribution is 2.22. The number of aryl methyl sites for hydroxylation is 2. The van der Waals surface area contributed by atoms with Crippen molar-refractivity contribution in [2.45, 2.75) is 43.7 Å². The van der Waals surface area contributed by atoms with Crippen LogP contribution >= 0.6 is 11.8 Å². The quantitative estimate of drug-likeness (QED) is 0.231. The van der Waals surface area contributed by atoms with Crippen molar-refractivity contribution in [3.63, 3.8) is 0 Å². The first kappa shape index (κ1) is 23.8. The number of rotatable bonds is 6. The van der Waals surface area contributed by atoms with Crippen LogP contribution in [0.2, 0.25) is 0 Å². The first-order valence-electron chi connectivity index (χ1n) is 9.32. The van der Waals surface area contributed by atoms with Crippen molar-refractivity contribution in [3.05, 3.63) is 40.8 Å². The number of carbonyl (C=O) groups excluding carboxylic acids is 1. The zero-order valence-electron chi connectivity index (χ0n) is 17.1. The number of aromatic nitrogens is 2. The van der Waals surface area contributed by atoms with Crippen molar-refractivity contribution in [1.82, 2.24) is 21.1 Å². The second-order valence-electron chi connectivity index (χ2n) is 7.25. The Labute approximate surface area is 178 Å². The third-order valence-electron chi connectivity index (χ3n) is 4.13. The molecule has 1 amide bonds. The number of halogens is 1. The highest BCUT2D eigenvalue weighted by molar-refractivity contribution is 8.00. The van der Waals surface area contributed by atoms with Crippen LogP contribution in [0.1, 0.15) is 37.1 Å². The van der Waals surface area contributed by atoms with Gasteiger partial charge >= 0.3 is 0 Å². The summed E-state index contributed by atoms with van der Waals surface area (Å²) in [7, 11) is 1.46. The Kier molecular flexibility index (Phi) is 8.75. The molecular formula is C19H26FN5O4S. The lowest BCUT2D eigenvalue weighted by Gasteiger charge is -2.17. The summed E-state index contributed by atoms with van der Waals surface area (Å²) in [6.45, 7) is 3.34. The number of hydrogen-bond donors (Lipinski definition) is 4. The van der Waals surface area contributed by atoms with Gasteiger partial charge in [0.25, 0.3) is 0 Å². The van der Waals surface area contributed by atoms with E-state index < -0.39 is 5.60 Å². The van der Waals surface area contributed by atoms with Gasteiger partial charge in [0, 0.05) is 13.6 Å². The van der Waals surface area contributed by atoms with Gasteiger partial charge in [0.15, 0.2) is 16.6 Å². The molecule has 2 aromatic rings. The second-order valence-corrected chi connectivity index (χ2v) is 8.21. The standard InChI is InChI=1S/C10H17N5O4S.C9H9F/c1-10(2,17)5-12-6(16)4-20-9-7(14-19-15-9)8(11-3)13-18;10-9-5-4-7-2-1-3-8(7)6-9/h17-18H,4-5H2,1-3H3,(H,11,13)(H,12,16);4-6H,1-3H2. The number of thioether (sulfide) groups is 1. The van der Waals surface area contributed by atoms with Crippen molar-refractivity contribution in [3.8, 4) is 0 Å². The maximum atomic E-state index is 12.6. The van der Waals surface area contributed by atoms with E-state index in [1.165, 1.54) is 24.6 Å². The van der Waals surface area contributed by atoms with E-state index in [-0.39, 0.29) is 35.6 Å². The lowest BCUT2D eigenvalue weighted by molar-refractivity contribution is -0.119. The summed E-state index contributed by atoms with van der Waals surface area (Å²) in [5.74, 6) is -0.205. The highest BCUT2D eigenvalue weighted by Gasteiger charge is 2.18. The SMILES string of the molecule is CN=C(NO)c1nonc1SCC(=O)NCC(C)(C)O.Fc1ccc2c(c1)CCC2. The van der Waals surface area contributed by atoms with Crippen LogP contribution in [0.25, 0.3) is 0 Å². The second kappa shape index (κ2) is 11.0. The largest absolute Gasteiger partial charge is 0.389 e. The molecule has 0 fully saturated rings. The molecule has 4 N–H and O–H groups in total. The van der Waals surface area contributed by atoms with Gasteiger partial charge in [-0.15, -0.1) is 0 Å². The summed E-state index contributed by atoms with van der Waals surface area (Å²) in [6, 6.07) is 5.10. The number of aliphatic hydroxyl groups is 1. The maximum Gasteiger partial charge on any atom is 0.230 e. The number of amides is 1. The molecule has 1 aromatic heterocycles. The van der Waals surface area contributed by atoms with Crippen LogP contribution < -0.4 is 10.8 Å². The van der Waals surface area contributed by atoms with Crippen LogP contribution in [-0.4, -0.2) is 57.3 Å². The van der Waals surface area contributed by atoms with Crippen LogP contribution in [0.15, 0.2) is 32.8 Å². The zero-order chi connectivity index (χ0) is 22.1. The van der Waals surface area contributed by atoms with E-state index in [2.05, 4.69) is 25.3 Å². The van der Waals surface area contributed by atoms with Gasteiger partial charge in [0.1, 0.15) is 5.82 Å². The minimum absolute atomic E-state index is 0.0692. The smallest absolute Gasteiger partial charge is 0.230 e. The van der Waals surface area contributed by atoms with Gasteiger partial charge in [-0.05, 0) is 66.7 Å². The molecule has 0 bridgehead atoms. The monoisotopic (exact) mass is 439 g/mol. The Hall–Kier alpha value is -2.50. The van der Waals surface area contributed by atoms with Crippen molar-refractivity contribution < 1.29 is 24.1 Å². The minimum atomic E-state index is -0.968. The van der Waals surface area contributed by atoms with Gasteiger partial charge in [0.05, 0.1) is 11.4 Å². The van der Waals surface area contributed by atoms with Gasteiger partial charge in [-0.1, -0.05) is 17.8 Å². The van der Waals surface area contributed by atoms with E-state index in [4.69, 9.17) is 5.21 Å². The molecule has 0 radical (unpaired) electrons. The number of nitrogens with one attached hydrogen (secondary N) is 2. The molecule has 3 rings (SSSR count). The maximum absolute atomic E-state index is 12.6. The van der Waals surface area contributed by atoms with Crippen LogP contribution in [-0.2, 0) is 17.6 Å². The Morgan fingerprint density at radius 2 is 2.07 bits per heavy atom. The fourth-order valence-electron chi connectivity index (χ4n) is 2.67. The Morgan fingerprint density at radius 3 is 2.73 bits per heavy atom. The molecule has 0 aliphatic heterocycles. The van der Waals surface area contributed by atoms with Crippen molar-refractivity contribution in [2.24, 2.45) is 4.99 Å². The number of fused-ring (bicyclic) bond motifs is 1.